The van der Waals surface area contributed by atoms with Gasteiger partial charge in [-0.15, -0.1) is 0 Å². The standard InChI is InChI=1S/C57H99NO5/c1-4-7-10-13-16-19-22-25-27-28-29-31-33-36-39-42-45-48-53(63-57(62)50-47-44-41-38-35-30-24-21-18-15-12-9-6-3)51-56(61)58-54(52-59)55(60)49-46-43-40-37-34-32-26-23-20-17-14-11-8-5-2/h9,12,15-16,18-19,21,24-25,27,29,31,36,39,53-55,59-60H,4-8,10-11,13-14,17,20,22-23,26,28,30,32-35,37-38,40-52H2,1-3H3,(H,58,61)/b12-9+,18-15+,19-16-,24-21-,27-25-,31-29-,39-36-. The zero-order valence-corrected chi connectivity index (χ0v) is 41.2. The highest BCUT2D eigenvalue weighted by Crippen LogP contribution is 2.17. The third kappa shape index (κ3) is 45.4. The van der Waals surface area contributed by atoms with Gasteiger partial charge >= 0.3 is 5.97 Å². The van der Waals surface area contributed by atoms with E-state index in [4.69, 9.17) is 4.74 Å². The Bertz CT molecular complexity index is 1210. The quantitative estimate of drug-likeness (QED) is 0.0245. The molecule has 0 aromatic rings. The number of esters is 1. The number of amides is 1. The second-order valence-corrected chi connectivity index (χ2v) is 17.6. The molecule has 3 atom stereocenters. The molecule has 0 rings (SSSR count). The lowest BCUT2D eigenvalue weighted by atomic mass is 10.0. The zero-order valence-electron chi connectivity index (χ0n) is 41.2. The fourth-order valence-electron chi connectivity index (χ4n) is 7.54. The van der Waals surface area contributed by atoms with Crippen LogP contribution in [0.15, 0.2) is 85.1 Å². The summed E-state index contributed by atoms with van der Waals surface area (Å²) in [7, 11) is 0. The number of allylic oxidation sites excluding steroid dienone is 14. The molecule has 0 radical (unpaired) electrons. The molecule has 63 heavy (non-hydrogen) atoms. The Morgan fingerprint density at radius 3 is 1.49 bits per heavy atom. The van der Waals surface area contributed by atoms with E-state index in [0.717, 1.165) is 96.3 Å². The number of aliphatic hydroxyl groups is 2. The predicted octanol–water partition coefficient (Wildman–Crippen LogP) is 16.0. The van der Waals surface area contributed by atoms with E-state index in [2.05, 4.69) is 111 Å². The fraction of sp³-hybridized carbons (Fsp3) is 0.719. The molecule has 0 aliphatic rings. The molecule has 362 valence electrons. The first-order valence-corrected chi connectivity index (χ1v) is 26.3. The minimum atomic E-state index is -0.810. The molecule has 0 aromatic heterocycles. The van der Waals surface area contributed by atoms with Gasteiger partial charge in [0.15, 0.2) is 0 Å². The summed E-state index contributed by atoms with van der Waals surface area (Å²) in [6.07, 6.45) is 65.0. The normalized spacial score (nSPS) is 13.9. The first kappa shape index (κ1) is 60.0. The third-order valence-electron chi connectivity index (χ3n) is 11.5. The van der Waals surface area contributed by atoms with Crippen LogP contribution >= 0.6 is 0 Å². The number of aliphatic hydroxyl groups excluding tert-OH is 2. The van der Waals surface area contributed by atoms with Crippen LogP contribution in [0.2, 0.25) is 0 Å². The number of rotatable bonds is 46. The lowest BCUT2D eigenvalue weighted by Gasteiger charge is -2.24. The summed E-state index contributed by atoms with van der Waals surface area (Å²) in [6.45, 7) is 6.30. The number of unbranched alkanes of at least 4 members (excludes halogenated alkanes) is 22. The maximum atomic E-state index is 13.2. The highest BCUT2D eigenvalue weighted by atomic mass is 16.5. The lowest BCUT2D eigenvalue weighted by Crippen LogP contribution is -2.46. The molecular formula is C57H99NO5. The Morgan fingerprint density at radius 2 is 0.937 bits per heavy atom. The number of ether oxygens (including phenoxy) is 1. The van der Waals surface area contributed by atoms with Gasteiger partial charge in [-0.25, -0.2) is 0 Å². The molecule has 0 aromatic carbocycles. The minimum absolute atomic E-state index is 0.0278. The van der Waals surface area contributed by atoms with Gasteiger partial charge < -0.3 is 20.3 Å². The van der Waals surface area contributed by atoms with Gasteiger partial charge in [0.1, 0.15) is 6.10 Å². The number of carbonyl (C=O) groups is 2. The number of nitrogens with one attached hydrogen (secondary N) is 1. The van der Waals surface area contributed by atoms with Crippen molar-refractivity contribution in [2.45, 2.75) is 257 Å². The first-order chi connectivity index (χ1) is 31.0. The first-order valence-electron chi connectivity index (χ1n) is 26.3. The van der Waals surface area contributed by atoms with Gasteiger partial charge in [0, 0.05) is 6.42 Å². The average Bonchev–Trinajstić information content (AvgIpc) is 3.28. The van der Waals surface area contributed by atoms with Crippen LogP contribution in [0.4, 0.5) is 0 Å². The number of hydrogen-bond donors (Lipinski definition) is 3. The summed E-state index contributed by atoms with van der Waals surface area (Å²) in [5.41, 5.74) is 0. The van der Waals surface area contributed by atoms with Crippen LogP contribution in [0.5, 0.6) is 0 Å². The van der Waals surface area contributed by atoms with Crippen molar-refractivity contribution < 1.29 is 24.5 Å². The molecule has 6 nitrogen and oxygen atoms in total. The van der Waals surface area contributed by atoms with E-state index in [1.54, 1.807) is 0 Å². The van der Waals surface area contributed by atoms with Crippen LogP contribution in [-0.4, -0.2) is 46.9 Å². The van der Waals surface area contributed by atoms with Crippen molar-refractivity contribution in [2.24, 2.45) is 0 Å². The Balaban J connectivity index is 4.72. The maximum Gasteiger partial charge on any atom is 0.306 e. The van der Waals surface area contributed by atoms with E-state index in [-0.39, 0.29) is 24.9 Å². The van der Waals surface area contributed by atoms with E-state index in [1.165, 1.54) is 96.3 Å². The van der Waals surface area contributed by atoms with E-state index >= 15 is 0 Å². The fourth-order valence-corrected chi connectivity index (χ4v) is 7.54. The molecule has 0 saturated carbocycles. The molecule has 0 saturated heterocycles. The Kier molecular flexibility index (Phi) is 47.7. The Labute approximate surface area is 389 Å². The van der Waals surface area contributed by atoms with Gasteiger partial charge in [0.2, 0.25) is 5.91 Å². The van der Waals surface area contributed by atoms with Gasteiger partial charge in [-0.2, -0.15) is 0 Å². The third-order valence-corrected chi connectivity index (χ3v) is 11.5. The van der Waals surface area contributed by atoms with E-state index < -0.39 is 18.2 Å². The second kappa shape index (κ2) is 50.0. The monoisotopic (exact) mass is 878 g/mol. The van der Waals surface area contributed by atoms with Gasteiger partial charge in [0.05, 0.1) is 25.2 Å². The van der Waals surface area contributed by atoms with E-state index in [9.17, 15) is 19.8 Å². The van der Waals surface area contributed by atoms with Crippen LogP contribution < -0.4 is 5.32 Å². The van der Waals surface area contributed by atoms with E-state index in [0.29, 0.717) is 19.3 Å². The van der Waals surface area contributed by atoms with Crippen molar-refractivity contribution >= 4 is 11.9 Å². The van der Waals surface area contributed by atoms with Gasteiger partial charge in [-0.05, 0) is 83.5 Å². The van der Waals surface area contributed by atoms with Crippen LogP contribution in [0.3, 0.4) is 0 Å². The highest BCUT2D eigenvalue weighted by molar-refractivity contribution is 5.77. The van der Waals surface area contributed by atoms with Crippen LogP contribution in [-0.2, 0) is 14.3 Å². The summed E-state index contributed by atoms with van der Waals surface area (Å²) < 4.78 is 5.90. The molecule has 3 unspecified atom stereocenters. The van der Waals surface area contributed by atoms with Crippen LogP contribution in [0.25, 0.3) is 0 Å². The lowest BCUT2D eigenvalue weighted by molar-refractivity contribution is -0.151. The SMILES string of the molecule is CC/C=C/C=C/C=C\CCCCCCCC(=O)OC(CCC/C=C\C/C=C\C/C=C\C/C=C\CCCCC)CC(=O)NC(CO)C(O)CCCCCCCCCCCCCCCC. The summed E-state index contributed by atoms with van der Waals surface area (Å²) in [4.78, 5) is 26.1. The molecule has 0 bridgehead atoms. The topological polar surface area (TPSA) is 95.9 Å². The summed E-state index contributed by atoms with van der Waals surface area (Å²) in [5.74, 6) is -0.555. The summed E-state index contributed by atoms with van der Waals surface area (Å²) in [5, 5.41) is 23.8. The second-order valence-electron chi connectivity index (χ2n) is 17.6. The summed E-state index contributed by atoms with van der Waals surface area (Å²) in [6, 6.07) is -0.727. The van der Waals surface area contributed by atoms with Crippen molar-refractivity contribution in [3.63, 3.8) is 0 Å². The molecule has 0 fully saturated rings. The molecule has 0 aliphatic heterocycles. The van der Waals surface area contributed by atoms with Crippen LogP contribution in [0.1, 0.15) is 239 Å². The maximum absolute atomic E-state index is 13.2. The van der Waals surface area contributed by atoms with Crippen molar-refractivity contribution in [2.75, 3.05) is 6.61 Å². The Hall–Kier alpha value is -2.96. The van der Waals surface area contributed by atoms with Crippen molar-refractivity contribution in [3.05, 3.63) is 85.1 Å². The predicted molar refractivity (Wildman–Crippen MR) is 273 cm³/mol. The molecule has 1 amide bonds. The highest BCUT2D eigenvalue weighted by Gasteiger charge is 2.24. The molecule has 3 N–H and O–H groups in total. The zero-order chi connectivity index (χ0) is 45.9. The Morgan fingerprint density at radius 1 is 0.492 bits per heavy atom. The summed E-state index contributed by atoms with van der Waals surface area (Å²) >= 11 is 0. The smallest absolute Gasteiger partial charge is 0.306 e. The molecule has 6 heteroatoms. The van der Waals surface area contributed by atoms with Gasteiger partial charge in [-0.1, -0.05) is 228 Å². The van der Waals surface area contributed by atoms with Crippen molar-refractivity contribution in [1.82, 2.24) is 5.32 Å². The largest absolute Gasteiger partial charge is 0.462 e. The number of carbonyl (C=O) groups excluding carboxylic acids is 2. The van der Waals surface area contributed by atoms with Crippen LogP contribution in [0, 0.1) is 0 Å². The molecule has 0 spiro atoms. The van der Waals surface area contributed by atoms with Crippen molar-refractivity contribution in [3.8, 4) is 0 Å². The number of hydrogen-bond acceptors (Lipinski definition) is 5. The minimum Gasteiger partial charge on any atom is -0.462 e. The van der Waals surface area contributed by atoms with Gasteiger partial charge in [-0.3, -0.25) is 9.59 Å². The van der Waals surface area contributed by atoms with Crippen molar-refractivity contribution in [1.29, 1.82) is 0 Å². The molecular weight excluding hydrogens is 779 g/mol. The van der Waals surface area contributed by atoms with E-state index in [1.807, 2.05) is 0 Å². The molecule has 0 aliphatic carbocycles. The molecule has 0 heterocycles. The average molecular weight is 878 g/mol. The van der Waals surface area contributed by atoms with Gasteiger partial charge in [0.25, 0.3) is 0 Å².